The van der Waals surface area contributed by atoms with Crippen molar-refractivity contribution in [3.05, 3.63) is 22.4 Å². The first-order valence-electron chi connectivity index (χ1n) is 8.33. The monoisotopic (exact) mass is 276 g/mol. The third-order valence-electron chi connectivity index (χ3n) is 4.34. The van der Waals surface area contributed by atoms with Crippen molar-refractivity contribution in [2.45, 2.75) is 85.5 Å². The number of hydrogen-bond acceptors (Lipinski definition) is 2. The lowest BCUT2D eigenvalue weighted by Crippen LogP contribution is -2.07. The largest absolute Gasteiger partial charge is 0.282 e. The maximum atomic E-state index is 4.29. The molecular formula is C18H32N2. The third kappa shape index (κ3) is 5.94. The van der Waals surface area contributed by atoms with E-state index in [1.54, 1.807) is 0 Å². The van der Waals surface area contributed by atoms with Crippen molar-refractivity contribution in [2.75, 3.05) is 0 Å². The zero-order chi connectivity index (χ0) is 14.8. The van der Waals surface area contributed by atoms with Gasteiger partial charge in [0.05, 0.1) is 6.21 Å². The van der Waals surface area contributed by atoms with Gasteiger partial charge >= 0.3 is 0 Å². The first-order valence-corrected chi connectivity index (χ1v) is 8.33. The summed E-state index contributed by atoms with van der Waals surface area (Å²) in [7, 11) is 0. The van der Waals surface area contributed by atoms with Crippen LogP contribution < -0.4 is 5.43 Å². The fraction of sp³-hybridized carbons (Fsp3) is 0.722. The van der Waals surface area contributed by atoms with E-state index in [1.807, 2.05) is 6.21 Å². The lowest BCUT2D eigenvalue weighted by Gasteiger charge is -2.11. The molecule has 0 atom stereocenters. The Labute approximate surface area is 125 Å². The second-order valence-corrected chi connectivity index (χ2v) is 6.01. The van der Waals surface area contributed by atoms with Crippen LogP contribution in [0.1, 0.15) is 85.5 Å². The summed E-state index contributed by atoms with van der Waals surface area (Å²) in [6.07, 6.45) is 14.0. The highest BCUT2D eigenvalue weighted by Crippen LogP contribution is 2.21. The molecule has 1 heterocycles. The van der Waals surface area contributed by atoms with Gasteiger partial charge in [-0.25, -0.2) is 0 Å². The molecule has 0 saturated heterocycles. The van der Waals surface area contributed by atoms with Crippen LogP contribution in [0.25, 0.3) is 0 Å². The number of unbranched alkanes of at least 4 members (excludes halogenated alkanes) is 7. The van der Waals surface area contributed by atoms with Gasteiger partial charge < -0.3 is 0 Å². The second kappa shape index (κ2) is 9.79. The third-order valence-corrected chi connectivity index (χ3v) is 4.34. The number of hydrogen-bond donors (Lipinski definition) is 1. The molecule has 1 aliphatic rings. The summed E-state index contributed by atoms with van der Waals surface area (Å²) in [6.45, 7) is 8.80. The van der Waals surface area contributed by atoms with Crippen LogP contribution in [0.15, 0.2) is 27.5 Å². The number of allylic oxidation sites excluding steroid dienone is 4. The molecule has 0 saturated carbocycles. The molecule has 114 valence electrons. The first kappa shape index (κ1) is 17.0. The summed E-state index contributed by atoms with van der Waals surface area (Å²) in [5.74, 6) is 0. The van der Waals surface area contributed by atoms with Crippen molar-refractivity contribution in [2.24, 2.45) is 5.10 Å². The Kier molecular flexibility index (Phi) is 8.32. The summed E-state index contributed by atoms with van der Waals surface area (Å²) in [5, 5.41) is 4.29. The van der Waals surface area contributed by atoms with Gasteiger partial charge in [0.2, 0.25) is 0 Å². The molecule has 0 aromatic heterocycles. The minimum atomic E-state index is 1.13. The van der Waals surface area contributed by atoms with Gasteiger partial charge in [0, 0.05) is 5.70 Å². The van der Waals surface area contributed by atoms with Crippen LogP contribution >= 0.6 is 0 Å². The van der Waals surface area contributed by atoms with Gasteiger partial charge in [-0.3, -0.25) is 5.43 Å². The predicted molar refractivity (Wildman–Crippen MR) is 89.9 cm³/mol. The lowest BCUT2D eigenvalue weighted by atomic mass is 10.00. The Bertz CT molecular complexity index is 375. The molecule has 20 heavy (non-hydrogen) atoms. The molecule has 0 amide bonds. The van der Waals surface area contributed by atoms with E-state index >= 15 is 0 Å². The van der Waals surface area contributed by atoms with Crippen LogP contribution in [0.5, 0.6) is 0 Å². The Balaban J connectivity index is 2.23. The van der Waals surface area contributed by atoms with Crippen LogP contribution in [0.3, 0.4) is 0 Å². The molecular weight excluding hydrogens is 244 g/mol. The van der Waals surface area contributed by atoms with Crippen molar-refractivity contribution >= 4 is 6.21 Å². The van der Waals surface area contributed by atoms with Gasteiger partial charge in [-0.2, -0.15) is 5.10 Å². The molecule has 0 fully saturated rings. The predicted octanol–water partition coefficient (Wildman–Crippen LogP) is 5.72. The molecule has 1 N–H and O–H groups in total. The summed E-state index contributed by atoms with van der Waals surface area (Å²) >= 11 is 0. The van der Waals surface area contributed by atoms with E-state index in [9.17, 15) is 0 Å². The van der Waals surface area contributed by atoms with Gasteiger partial charge in [0.15, 0.2) is 0 Å². The summed E-state index contributed by atoms with van der Waals surface area (Å²) in [5.41, 5.74) is 8.54. The number of rotatable bonds is 9. The molecule has 0 bridgehead atoms. The maximum Gasteiger partial charge on any atom is 0.0504 e. The zero-order valence-electron chi connectivity index (χ0n) is 13.9. The van der Waals surface area contributed by atoms with E-state index in [4.69, 9.17) is 0 Å². The summed E-state index contributed by atoms with van der Waals surface area (Å²) in [4.78, 5) is 0. The Morgan fingerprint density at radius 1 is 0.850 bits per heavy atom. The quantitative estimate of drug-likeness (QED) is 0.535. The van der Waals surface area contributed by atoms with E-state index in [1.165, 1.54) is 73.8 Å². The summed E-state index contributed by atoms with van der Waals surface area (Å²) < 4.78 is 0. The number of nitrogens with one attached hydrogen (secondary N) is 1. The van der Waals surface area contributed by atoms with E-state index in [0.717, 1.165) is 6.42 Å². The highest BCUT2D eigenvalue weighted by atomic mass is 15.3. The maximum absolute atomic E-state index is 4.29. The molecule has 0 aliphatic carbocycles. The van der Waals surface area contributed by atoms with Crippen molar-refractivity contribution in [3.63, 3.8) is 0 Å². The molecule has 0 spiro atoms. The standard InChI is InChI=1S/C18H32N2/c1-5-6-7-8-9-10-11-12-13-18-17(4)16(3)15(2)14-19-20-18/h14,20H,5-13H2,1-4H3. The summed E-state index contributed by atoms with van der Waals surface area (Å²) in [6, 6.07) is 0. The molecule has 1 rings (SSSR count). The Morgan fingerprint density at radius 3 is 2.10 bits per heavy atom. The van der Waals surface area contributed by atoms with E-state index in [-0.39, 0.29) is 0 Å². The fourth-order valence-corrected chi connectivity index (χ4v) is 2.59. The van der Waals surface area contributed by atoms with Crippen LogP contribution in [0.4, 0.5) is 0 Å². The van der Waals surface area contributed by atoms with E-state index in [2.05, 4.69) is 38.2 Å². The SMILES string of the molecule is CCCCCCCCCCC1=C(C)C(C)=C(C)C=NN1. The van der Waals surface area contributed by atoms with Gasteiger partial charge in [-0.1, -0.05) is 51.9 Å². The molecule has 2 nitrogen and oxygen atoms in total. The van der Waals surface area contributed by atoms with Gasteiger partial charge in [-0.05, 0) is 50.3 Å². The molecule has 0 aromatic carbocycles. The number of hydrazone groups is 1. The van der Waals surface area contributed by atoms with E-state index < -0.39 is 0 Å². The minimum absolute atomic E-state index is 1.13. The van der Waals surface area contributed by atoms with Crippen molar-refractivity contribution in [1.29, 1.82) is 0 Å². The van der Waals surface area contributed by atoms with Crippen molar-refractivity contribution in [1.82, 2.24) is 5.43 Å². The molecule has 0 radical (unpaired) electrons. The normalized spacial score (nSPS) is 15.6. The van der Waals surface area contributed by atoms with Crippen LogP contribution in [0.2, 0.25) is 0 Å². The first-order chi connectivity index (χ1) is 9.66. The van der Waals surface area contributed by atoms with Crippen LogP contribution in [-0.2, 0) is 0 Å². The second-order valence-electron chi connectivity index (χ2n) is 6.01. The average Bonchev–Trinajstić information content (AvgIpc) is 2.56. The zero-order valence-corrected chi connectivity index (χ0v) is 13.9. The van der Waals surface area contributed by atoms with Crippen LogP contribution in [0, 0.1) is 0 Å². The molecule has 1 aliphatic heterocycles. The van der Waals surface area contributed by atoms with Gasteiger partial charge in [-0.15, -0.1) is 0 Å². The fourth-order valence-electron chi connectivity index (χ4n) is 2.59. The van der Waals surface area contributed by atoms with E-state index in [0.29, 0.717) is 0 Å². The minimum Gasteiger partial charge on any atom is -0.282 e. The smallest absolute Gasteiger partial charge is 0.0504 e. The highest BCUT2D eigenvalue weighted by Gasteiger charge is 2.08. The topological polar surface area (TPSA) is 24.4 Å². The molecule has 0 aromatic rings. The highest BCUT2D eigenvalue weighted by molar-refractivity contribution is 5.80. The van der Waals surface area contributed by atoms with Gasteiger partial charge in [0.1, 0.15) is 0 Å². The van der Waals surface area contributed by atoms with Gasteiger partial charge in [0.25, 0.3) is 0 Å². The van der Waals surface area contributed by atoms with Crippen molar-refractivity contribution < 1.29 is 0 Å². The average molecular weight is 276 g/mol. The molecule has 2 heteroatoms. The number of nitrogens with zero attached hydrogens (tertiary/aromatic N) is 1. The van der Waals surface area contributed by atoms with Crippen molar-refractivity contribution in [3.8, 4) is 0 Å². The Hall–Kier alpha value is -1.05. The Morgan fingerprint density at radius 2 is 1.45 bits per heavy atom. The molecule has 0 unspecified atom stereocenters. The van der Waals surface area contributed by atoms with Crippen LogP contribution in [-0.4, -0.2) is 6.21 Å². The lowest BCUT2D eigenvalue weighted by molar-refractivity contribution is 0.569.